The molecule has 0 rings (SSSR count). The molecule has 0 aliphatic carbocycles. The number of quaternary nitrogens is 2. The van der Waals surface area contributed by atoms with Crippen molar-refractivity contribution in [2.75, 3.05) is 19.6 Å². The topological polar surface area (TPSA) is 32.1 Å². The molecule has 10 heavy (non-hydrogen) atoms. The summed E-state index contributed by atoms with van der Waals surface area (Å²) in [5, 5.41) is 0. The molecule has 1 atom stereocenters. The molecular weight excluding hydrogens is 124 g/mol. The van der Waals surface area contributed by atoms with Crippen LogP contribution < -0.4 is 10.6 Å². The van der Waals surface area contributed by atoms with Gasteiger partial charge in [-0.3, -0.25) is 0 Å². The van der Waals surface area contributed by atoms with Gasteiger partial charge in [-0.15, -0.1) is 0 Å². The lowest BCUT2D eigenvalue weighted by Gasteiger charge is -2.14. The van der Waals surface area contributed by atoms with Gasteiger partial charge in [-0.05, 0) is 20.8 Å². The summed E-state index contributed by atoms with van der Waals surface area (Å²) in [5.41, 5.74) is 3.97. The van der Waals surface area contributed by atoms with E-state index in [9.17, 15) is 0 Å². The first kappa shape index (κ1) is 9.92. The molecule has 0 saturated heterocycles. The van der Waals surface area contributed by atoms with Crippen molar-refractivity contribution in [3.05, 3.63) is 0 Å². The Hall–Kier alpha value is -0.0800. The molecular formula is C8H22N2+2. The van der Waals surface area contributed by atoms with E-state index in [1.54, 1.807) is 4.90 Å². The maximum atomic E-state index is 3.97. The average Bonchev–Trinajstić information content (AvgIpc) is 1.90. The van der Waals surface area contributed by atoms with Gasteiger partial charge in [0.2, 0.25) is 0 Å². The lowest BCUT2D eigenvalue weighted by molar-refractivity contribution is -0.897. The predicted molar refractivity (Wildman–Crippen MR) is 43.9 cm³/mol. The predicted octanol–water partition coefficient (Wildman–Crippen LogP) is -1.07. The van der Waals surface area contributed by atoms with E-state index in [0.717, 1.165) is 0 Å². The molecule has 0 fully saturated rings. The first-order valence-corrected chi connectivity index (χ1v) is 4.37. The largest absolute Gasteiger partial charge is 0.355 e. The second-order valence-electron chi connectivity index (χ2n) is 3.10. The van der Waals surface area contributed by atoms with Crippen molar-refractivity contribution < 1.29 is 10.6 Å². The van der Waals surface area contributed by atoms with Crippen LogP contribution in [0, 0.1) is 0 Å². The molecule has 0 unspecified atom stereocenters. The Balaban J connectivity index is 3.26. The van der Waals surface area contributed by atoms with Gasteiger partial charge in [-0.1, -0.05) is 0 Å². The smallest absolute Gasteiger partial charge is 0.0869 e. The third kappa shape index (κ3) is 4.77. The van der Waals surface area contributed by atoms with Crippen LogP contribution >= 0.6 is 0 Å². The molecule has 0 radical (unpaired) electrons. The Morgan fingerprint density at radius 1 is 1.30 bits per heavy atom. The quantitative estimate of drug-likeness (QED) is 0.495. The van der Waals surface area contributed by atoms with Crippen LogP contribution in [0.4, 0.5) is 0 Å². The van der Waals surface area contributed by atoms with Gasteiger partial charge in [0.1, 0.15) is 0 Å². The highest BCUT2D eigenvalue weighted by Gasteiger charge is 2.04. The minimum absolute atomic E-state index is 0.619. The van der Waals surface area contributed by atoms with Gasteiger partial charge in [0, 0.05) is 6.42 Å². The fourth-order valence-corrected chi connectivity index (χ4v) is 1.05. The van der Waals surface area contributed by atoms with Crippen LogP contribution in [0.25, 0.3) is 0 Å². The number of nitrogens with one attached hydrogen (secondary N) is 1. The Morgan fingerprint density at radius 3 is 2.10 bits per heavy atom. The van der Waals surface area contributed by atoms with Gasteiger partial charge in [0.15, 0.2) is 0 Å². The molecule has 0 aliphatic heterocycles. The zero-order valence-corrected chi connectivity index (χ0v) is 7.61. The number of rotatable bonds is 5. The van der Waals surface area contributed by atoms with Crippen molar-refractivity contribution in [1.82, 2.24) is 0 Å². The minimum Gasteiger partial charge on any atom is -0.355 e. The number of hydrogen-bond donors (Lipinski definition) is 2. The maximum Gasteiger partial charge on any atom is 0.0869 e. The van der Waals surface area contributed by atoms with E-state index in [2.05, 4.69) is 26.5 Å². The summed E-state index contributed by atoms with van der Waals surface area (Å²) in [5.74, 6) is 0. The van der Waals surface area contributed by atoms with Crippen LogP contribution in [-0.4, -0.2) is 25.7 Å². The SMILES string of the molecule is CC[NH+](CC)CC[C@@H](C)[NH3+]. The Kier molecular flexibility index (Phi) is 5.64. The summed E-state index contributed by atoms with van der Waals surface area (Å²) < 4.78 is 0. The lowest BCUT2D eigenvalue weighted by Crippen LogP contribution is -3.11. The normalized spacial score (nSPS) is 14.1. The van der Waals surface area contributed by atoms with E-state index in [1.165, 1.54) is 26.1 Å². The summed E-state index contributed by atoms with van der Waals surface area (Å²) in [4.78, 5) is 1.69. The average molecular weight is 146 g/mol. The molecule has 2 heteroatoms. The van der Waals surface area contributed by atoms with Crippen LogP contribution in [0.2, 0.25) is 0 Å². The van der Waals surface area contributed by atoms with Crippen molar-refractivity contribution >= 4 is 0 Å². The van der Waals surface area contributed by atoms with Crippen LogP contribution in [0.5, 0.6) is 0 Å². The Bertz CT molecular complexity index is 67.7. The van der Waals surface area contributed by atoms with E-state index >= 15 is 0 Å². The summed E-state index contributed by atoms with van der Waals surface area (Å²) in [6, 6.07) is 0.619. The zero-order chi connectivity index (χ0) is 7.98. The molecule has 0 bridgehead atoms. The molecule has 0 aliphatic rings. The molecule has 2 nitrogen and oxygen atoms in total. The van der Waals surface area contributed by atoms with Crippen LogP contribution in [-0.2, 0) is 0 Å². The summed E-state index contributed by atoms with van der Waals surface area (Å²) >= 11 is 0. The van der Waals surface area contributed by atoms with Gasteiger partial charge >= 0.3 is 0 Å². The van der Waals surface area contributed by atoms with Gasteiger partial charge < -0.3 is 10.6 Å². The third-order valence-corrected chi connectivity index (χ3v) is 1.99. The molecule has 0 amide bonds. The highest BCUT2D eigenvalue weighted by Crippen LogP contribution is 1.75. The highest BCUT2D eigenvalue weighted by molar-refractivity contribution is 4.40. The van der Waals surface area contributed by atoms with E-state index in [4.69, 9.17) is 0 Å². The van der Waals surface area contributed by atoms with Crippen LogP contribution in [0.15, 0.2) is 0 Å². The summed E-state index contributed by atoms with van der Waals surface area (Å²) in [6.45, 7) is 10.5. The molecule has 0 saturated carbocycles. The zero-order valence-electron chi connectivity index (χ0n) is 7.61. The van der Waals surface area contributed by atoms with Gasteiger partial charge in [0.05, 0.1) is 25.7 Å². The Morgan fingerprint density at radius 2 is 1.80 bits per heavy atom. The summed E-state index contributed by atoms with van der Waals surface area (Å²) in [6.07, 6.45) is 1.26. The first-order valence-electron chi connectivity index (χ1n) is 4.37. The van der Waals surface area contributed by atoms with Crippen molar-refractivity contribution in [3.63, 3.8) is 0 Å². The Labute approximate surface area is 64.4 Å². The van der Waals surface area contributed by atoms with Crippen molar-refractivity contribution in [2.45, 2.75) is 33.2 Å². The number of hydrogen-bond acceptors (Lipinski definition) is 0. The third-order valence-electron chi connectivity index (χ3n) is 1.99. The highest BCUT2D eigenvalue weighted by atomic mass is 15.1. The van der Waals surface area contributed by atoms with Crippen molar-refractivity contribution in [3.8, 4) is 0 Å². The van der Waals surface area contributed by atoms with E-state index in [1.807, 2.05) is 0 Å². The molecule has 0 aromatic heterocycles. The van der Waals surface area contributed by atoms with Crippen molar-refractivity contribution in [2.24, 2.45) is 0 Å². The lowest BCUT2D eigenvalue weighted by atomic mass is 10.2. The molecule has 0 heterocycles. The maximum absolute atomic E-state index is 3.97. The van der Waals surface area contributed by atoms with E-state index < -0.39 is 0 Å². The standard InChI is InChI=1S/C8H20N2/c1-4-10(5-2)7-6-8(3)9/h8H,4-7,9H2,1-3H3/p+2/t8-/m1/s1. The van der Waals surface area contributed by atoms with Gasteiger partial charge in [0.25, 0.3) is 0 Å². The minimum atomic E-state index is 0.619. The van der Waals surface area contributed by atoms with E-state index in [0.29, 0.717) is 6.04 Å². The summed E-state index contributed by atoms with van der Waals surface area (Å²) in [7, 11) is 0. The molecule has 4 N–H and O–H groups in total. The van der Waals surface area contributed by atoms with Crippen molar-refractivity contribution in [1.29, 1.82) is 0 Å². The van der Waals surface area contributed by atoms with E-state index in [-0.39, 0.29) is 0 Å². The first-order chi connectivity index (χ1) is 4.70. The van der Waals surface area contributed by atoms with Crippen LogP contribution in [0.3, 0.4) is 0 Å². The fraction of sp³-hybridized carbons (Fsp3) is 1.00. The van der Waals surface area contributed by atoms with Crippen LogP contribution in [0.1, 0.15) is 27.2 Å². The van der Waals surface area contributed by atoms with Gasteiger partial charge in [-0.2, -0.15) is 0 Å². The van der Waals surface area contributed by atoms with Gasteiger partial charge in [-0.25, -0.2) is 0 Å². The second kappa shape index (κ2) is 5.69. The molecule has 0 aromatic rings. The fourth-order valence-electron chi connectivity index (χ4n) is 1.05. The second-order valence-corrected chi connectivity index (χ2v) is 3.10. The molecule has 0 spiro atoms. The monoisotopic (exact) mass is 146 g/mol. The molecule has 62 valence electrons. The molecule has 0 aromatic carbocycles.